The standard InChI is InChI=1S/C46H48N4O.Pd/c1-10-11-14-34-19-20-47-43(23-34)49-41-16-13-12-15-39(41)40-18-17-37(27-42(40)49)51-38-25-35(28(2)3)24-36(26-38)50-46(29(4)5)45(33(9)48-50)44-31(7)21-30(6)22-32(44)8;/h12-13,15-25,28-29H,10-11,14H2,1-9H3;/q-2;+2. The summed E-state index contributed by atoms with van der Waals surface area (Å²) in [6.45, 7) is 19.8. The van der Waals surface area contributed by atoms with Gasteiger partial charge in [-0.15, -0.1) is 41.3 Å². The molecule has 0 radical (unpaired) electrons. The van der Waals surface area contributed by atoms with Crippen molar-refractivity contribution in [2.45, 2.75) is 93.4 Å². The van der Waals surface area contributed by atoms with E-state index in [1.807, 2.05) is 12.3 Å². The Balaban J connectivity index is 0.00000464. The fourth-order valence-corrected chi connectivity index (χ4v) is 7.61. The van der Waals surface area contributed by atoms with Gasteiger partial charge in [-0.3, -0.25) is 4.68 Å². The van der Waals surface area contributed by atoms with Crippen LogP contribution in [0.3, 0.4) is 0 Å². The van der Waals surface area contributed by atoms with E-state index >= 15 is 0 Å². The van der Waals surface area contributed by atoms with Crippen molar-refractivity contribution >= 4 is 21.8 Å². The molecule has 0 N–H and O–H groups in total. The van der Waals surface area contributed by atoms with Crippen molar-refractivity contribution in [3.8, 4) is 34.1 Å². The molecule has 0 aliphatic heterocycles. The molecule has 4 aromatic carbocycles. The number of hydrogen-bond acceptors (Lipinski definition) is 3. The van der Waals surface area contributed by atoms with Gasteiger partial charge in [0.15, 0.2) is 0 Å². The van der Waals surface area contributed by atoms with E-state index in [0.29, 0.717) is 11.5 Å². The normalized spacial score (nSPS) is 11.6. The van der Waals surface area contributed by atoms with Gasteiger partial charge in [0, 0.05) is 28.8 Å². The number of para-hydroxylation sites is 1. The first-order valence-corrected chi connectivity index (χ1v) is 18.4. The zero-order chi connectivity index (χ0) is 36.0. The number of unbranched alkanes of at least 4 members (excludes halogenated alkanes) is 1. The summed E-state index contributed by atoms with van der Waals surface area (Å²) in [6, 6.07) is 33.1. The fraction of sp³-hybridized carbons (Fsp3) is 0.304. The van der Waals surface area contributed by atoms with E-state index in [2.05, 4.69) is 150 Å². The molecule has 5 nitrogen and oxygen atoms in total. The Morgan fingerprint density at radius 3 is 2.23 bits per heavy atom. The van der Waals surface area contributed by atoms with Gasteiger partial charge in [-0.05, 0) is 104 Å². The van der Waals surface area contributed by atoms with Crippen LogP contribution in [0.2, 0.25) is 0 Å². The Kier molecular flexibility index (Phi) is 10.9. The first-order chi connectivity index (χ1) is 24.5. The van der Waals surface area contributed by atoms with Crippen molar-refractivity contribution in [2.24, 2.45) is 0 Å². The largest absolute Gasteiger partial charge is 2.00 e. The maximum atomic E-state index is 6.69. The van der Waals surface area contributed by atoms with E-state index in [4.69, 9.17) is 14.8 Å². The van der Waals surface area contributed by atoms with Crippen LogP contribution in [-0.4, -0.2) is 19.3 Å². The summed E-state index contributed by atoms with van der Waals surface area (Å²) in [5.41, 5.74) is 13.9. The Bertz CT molecular complexity index is 2370. The van der Waals surface area contributed by atoms with Crippen LogP contribution in [0.15, 0.2) is 79.0 Å². The van der Waals surface area contributed by atoms with E-state index in [1.54, 1.807) is 0 Å². The number of aromatic nitrogens is 4. The molecule has 0 spiro atoms. The third kappa shape index (κ3) is 7.00. The smallest absolute Gasteiger partial charge is 0.509 e. The molecule has 52 heavy (non-hydrogen) atoms. The maximum Gasteiger partial charge on any atom is 2.00 e. The molecule has 7 rings (SSSR count). The minimum Gasteiger partial charge on any atom is -0.509 e. The summed E-state index contributed by atoms with van der Waals surface area (Å²) >= 11 is 0. The minimum absolute atomic E-state index is 0. The number of ether oxygens (including phenoxy) is 1. The molecule has 0 unspecified atom stereocenters. The molecule has 7 aromatic rings. The molecule has 3 aromatic heterocycles. The second kappa shape index (κ2) is 15.2. The summed E-state index contributed by atoms with van der Waals surface area (Å²) in [5.74, 6) is 2.67. The Morgan fingerprint density at radius 1 is 0.769 bits per heavy atom. The summed E-state index contributed by atoms with van der Waals surface area (Å²) in [5, 5.41) is 7.46. The number of aryl methyl sites for hydroxylation is 5. The number of nitrogens with zero attached hydrogens (tertiary/aromatic N) is 4. The van der Waals surface area contributed by atoms with Crippen LogP contribution in [0.25, 0.3) is 44.4 Å². The van der Waals surface area contributed by atoms with Gasteiger partial charge >= 0.3 is 20.4 Å². The predicted molar refractivity (Wildman–Crippen MR) is 211 cm³/mol. The number of rotatable bonds is 10. The molecule has 6 heteroatoms. The second-order valence-corrected chi connectivity index (χ2v) is 14.7. The number of benzene rings is 4. The molecule has 3 heterocycles. The molecule has 268 valence electrons. The minimum atomic E-state index is 0. The van der Waals surface area contributed by atoms with Crippen molar-refractivity contribution in [1.29, 1.82) is 0 Å². The number of pyridine rings is 1. The van der Waals surface area contributed by atoms with Crippen LogP contribution in [0, 0.1) is 39.8 Å². The first-order valence-electron chi connectivity index (χ1n) is 18.4. The third-order valence-corrected chi connectivity index (χ3v) is 9.95. The fourth-order valence-electron chi connectivity index (χ4n) is 7.61. The average molecular weight is 779 g/mol. The summed E-state index contributed by atoms with van der Waals surface area (Å²) in [6.07, 6.45) is 5.26. The molecule has 0 amide bonds. The van der Waals surface area contributed by atoms with Gasteiger partial charge in [0.25, 0.3) is 0 Å². The van der Waals surface area contributed by atoms with Crippen molar-refractivity contribution < 1.29 is 25.2 Å². The number of hydrogen-bond donors (Lipinski definition) is 0. The van der Waals surface area contributed by atoms with E-state index < -0.39 is 0 Å². The predicted octanol–water partition coefficient (Wildman–Crippen LogP) is 12.2. The molecular formula is C46H48N4OPd. The molecule has 0 aliphatic rings. The van der Waals surface area contributed by atoms with E-state index in [1.165, 1.54) is 39.1 Å². The first kappa shape index (κ1) is 37.3. The van der Waals surface area contributed by atoms with E-state index in [-0.39, 0.29) is 32.3 Å². The molecular weight excluding hydrogens is 731 g/mol. The number of fused-ring (bicyclic) bond motifs is 3. The molecule has 0 atom stereocenters. The van der Waals surface area contributed by atoms with Crippen LogP contribution in [-0.2, 0) is 26.8 Å². The van der Waals surface area contributed by atoms with Gasteiger partial charge in [0.05, 0.1) is 11.4 Å². The van der Waals surface area contributed by atoms with Crippen LogP contribution in [0.5, 0.6) is 11.5 Å². The SMILES string of the molecule is CCCCc1ccnc(-n2c3[c-]c(Oc4[c-]c(-n5nc(C)c(-c6c(C)cc(C)cc6C)c5C(C)C)cc(C(C)C)c4)ccc3c3ccccc32)c1.[Pd+2]. The van der Waals surface area contributed by atoms with Gasteiger partial charge < -0.3 is 9.30 Å². The Labute approximate surface area is 322 Å². The monoisotopic (exact) mass is 778 g/mol. The molecule has 0 aliphatic carbocycles. The van der Waals surface area contributed by atoms with Crippen LogP contribution >= 0.6 is 0 Å². The van der Waals surface area contributed by atoms with Crippen LogP contribution < -0.4 is 4.74 Å². The van der Waals surface area contributed by atoms with Crippen molar-refractivity contribution in [2.75, 3.05) is 0 Å². The summed E-state index contributed by atoms with van der Waals surface area (Å²) < 4.78 is 11.0. The van der Waals surface area contributed by atoms with Crippen molar-refractivity contribution in [1.82, 2.24) is 19.3 Å². The second-order valence-electron chi connectivity index (χ2n) is 14.7. The van der Waals surface area contributed by atoms with Crippen LogP contribution in [0.1, 0.15) is 98.5 Å². The molecule has 0 saturated heterocycles. The van der Waals surface area contributed by atoms with Crippen LogP contribution in [0.4, 0.5) is 0 Å². The van der Waals surface area contributed by atoms with E-state index in [0.717, 1.165) is 63.8 Å². The molecule has 0 fully saturated rings. The average Bonchev–Trinajstić information content (AvgIpc) is 3.61. The van der Waals surface area contributed by atoms with Gasteiger partial charge in [0.2, 0.25) is 0 Å². The van der Waals surface area contributed by atoms with Gasteiger partial charge in [-0.25, -0.2) is 4.98 Å². The summed E-state index contributed by atoms with van der Waals surface area (Å²) in [4.78, 5) is 4.83. The van der Waals surface area contributed by atoms with Gasteiger partial charge in [0.1, 0.15) is 5.82 Å². The quantitative estimate of drug-likeness (QED) is 0.103. The van der Waals surface area contributed by atoms with E-state index in [9.17, 15) is 0 Å². The maximum absolute atomic E-state index is 6.69. The Hall–Kier alpha value is -4.50. The van der Waals surface area contributed by atoms with Crippen molar-refractivity contribution in [3.63, 3.8) is 0 Å². The molecule has 0 saturated carbocycles. The Morgan fingerprint density at radius 2 is 1.52 bits per heavy atom. The van der Waals surface area contributed by atoms with Gasteiger partial charge in [-0.1, -0.05) is 82.5 Å². The van der Waals surface area contributed by atoms with Gasteiger partial charge in [-0.2, -0.15) is 11.2 Å². The van der Waals surface area contributed by atoms with Crippen molar-refractivity contribution in [3.05, 3.63) is 130 Å². The molecule has 0 bridgehead atoms. The zero-order valence-electron chi connectivity index (χ0n) is 31.8. The third-order valence-electron chi connectivity index (χ3n) is 9.95. The zero-order valence-corrected chi connectivity index (χ0v) is 33.3. The summed E-state index contributed by atoms with van der Waals surface area (Å²) in [7, 11) is 0. The topological polar surface area (TPSA) is 44.9 Å².